The highest BCUT2D eigenvalue weighted by Crippen LogP contribution is 2.47. The van der Waals surface area contributed by atoms with Gasteiger partial charge in [-0.05, 0) is 35.2 Å². The van der Waals surface area contributed by atoms with Crippen LogP contribution >= 0.6 is 0 Å². The molecule has 0 aliphatic heterocycles. The summed E-state index contributed by atoms with van der Waals surface area (Å²) in [7, 11) is -3.29. The van der Waals surface area contributed by atoms with Crippen LogP contribution in [0.4, 0.5) is 0 Å². The largest absolute Gasteiger partial charge is 0.546 e. The summed E-state index contributed by atoms with van der Waals surface area (Å²) < 4.78 is 6.51. The normalized spacial score (nSPS) is 23.8. The molecule has 128 valence electrons. The Kier molecular flexibility index (Phi) is 5.31. The molecule has 22 heavy (non-hydrogen) atoms. The predicted octanol–water partition coefficient (Wildman–Crippen LogP) is 5.99. The third kappa shape index (κ3) is 4.57. The molecule has 0 amide bonds. The molecule has 2 nitrogen and oxygen atoms in total. The molecule has 1 aliphatic carbocycles. The average Bonchev–Trinajstić information content (AvgIpc) is 2.30. The number of carbonyl (C=O) groups excluding carboxylic acids is 1. The van der Waals surface area contributed by atoms with Gasteiger partial charge in [-0.1, -0.05) is 54.3 Å². The van der Waals surface area contributed by atoms with E-state index in [4.69, 9.17) is 4.43 Å². The van der Waals surface area contributed by atoms with Crippen molar-refractivity contribution in [2.75, 3.05) is 0 Å². The third-order valence-corrected chi connectivity index (χ3v) is 12.5. The van der Waals surface area contributed by atoms with Crippen LogP contribution < -0.4 is 0 Å². The molecule has 1 aliphatic rings. The summed E-state index contributed by atoms with van der Waals surface area (Å²) in [4.78, 5) is 12.4. The van der Waals surface area contributed by atoms with E-state index >= 15 is 0 Å². The summed E-state index contributed by atoms with van der Waals surface area (Å²) >= 11 is 0. The summed E-state index contributed by atoms with van der Waals surface area (Å²) in [5, 5.41) is 0.160. The van der Waals surface area contributed by atoms with Crippen LogP contribution in [0, 0.1) is 5.41 Å². The topological polar surface area (TPSA) is 26.3 Å². The van der Waals surface area contributed by atoms with Gasteiger partial charge in [-0.2, -0.15) is 0 Å². The zero-order valence-corrected chi connectivity index (χ0v) is 18.4. The molecule has 0 aromatic heterocycles. The van der Waals surface area contributed by atoms with Crippen molar-refractivity contribution in [3.05, 3.63) is 11.8 Å². The van der Waals surface area contributed by atoms with E-state index in [0.717, 1.165) is 5.76 Å². The Morgan fingerprint density at radius 3 is 2.05 bits per heavy atom. The molecule has 1 atom stereocenters. The minimum absolute atomic E-state index is 0.0418. The minimum Gasteiger partial charge on any atom is -0.546 e. The predicted molar refractivity (Wildman–Crippen MR) is 101 cm³/mol. The Morgan fingerprint density at radius 2 is 1.64 bits per heavy atom. The van der Waals surface area contributed by atoms with Crippen LogP contribution in [0.5, 0.6) is 0 Å². The first kappa shape index (κ1) is 19.7. The maximum atomic E-state index is 12.4. The van der Waals surface area contributed by atoms with Crippen molar-refractivity contribution in [2.45, 2.75) is 90.8 Å². The fraction of sp³-hybridized carbons (Fsp3) is 0.833. The van der Waals surface area contributed by atoms with E-state index in [1.54, 1.807) is 0 Å². The van der Waals surface area contributed by atoms with Gasteiger partial charge < -0.3 is 4.43 Å². The highest BCUT2D eigenvalue weighted by molar-refractivity contribution is 6.78. The molecule has 1 unspecified atom stereocenters. The monoisotopic (exact) mass is 340 g/mol. The lowest BCUT2D eigenvalue weighted by molar-refractivity contribution is -0.120. The van der Waals surface area contributed by atoms with Gasteiger partial charge in [0.2, 0.25) is 8.32 Å². The molecule has 0 fully saturated rings. The minimum atomic E-state index is -1.88. The standard InChI is InChI=1S/C18H36O2Si2/c1-17(2,3)22(9,10)20-15-11-14(19)13-18(4,5)16(12-15)21(6,7)8/h12,16H,11,13H2,1-10H3. The fourth-order valence-electron chi connectivity index (χ4n) is 3.32. The molecule has 0 saturated heterocycles. The molecule has 0 spiro atoms. The van der Waals surface area contributed by atoms with Crippen LogP contribution in [0.15, 0.2) is 11.8 Å². The lowest BCUT2D eigenvalue weighted by Gasteiger charge is -2.40. The molecule has 0 aromatic carbocycles. The molecule has 0 saturated carbocycles. The van der Waals surface area contributed by atoms with Gasteiger partial charge in [0.1, 0.15) is 5.78 Å². The van der Waals surface area contributed by atoms with E-state index in [9.17, 15) is 4.79 Å². The van der Waals surface area contributed by atoms with E-state index in [-0.39, 0.29) is 10.5 Å². The molecule has 0 N–H and O–H groups in total. The molecular weight excluding hydrogens is 304 g/mol. The molecular formula is C18H36O2Si2. The Labute approximate surface area is 139 Å². The van der Waals surface area contributed by atoms with Crippen molar-refractivity contribution in [1.82, 2.24) is 0 Å². The molecule has 0 aromatic rings. The van der Waals surface area contributed by atoms with Gasteiger partial charge in [0.05, 0.1) is 20.3 Å². The number of allylic oxidation sites excluding steroid dienone is 2. The highest BCUT2D eigenvalue weighted by atomic mass is 28.4. The summed E-state index contributed by atoms with van der Waals surface area (Å²) in [6.45, 7) is 23.0. The fourth-order valence-corrected chi connectivity index (χ4v) is 7.55. The van der Waals surface area contributed by atoms with Crippen LogP contribution in [-0.4, -0.2) is 22.2 Å². The van der Waals surface area contributed by atoms with Crippen molar-refractivity contribution in [2.24, 2.45) is 5.41 Å². The van der Waals surface area contributed by atoms with Gasteiger partial charge in [-0.25, -0.2) is 0 Å². The number of carbonyl (C=O) groups is 1. The van der Waals surface area contributed by atoms with E-state index in [2.05, 4.69) is 73.4 Å². The smallest absolute Gasteiger partial charge is 0.250 e. The maximum absolute atomic E-state index is 12.4. The first-order valence-electron chi connectivity index (χ1n) is 8.48. The average molecular weight is 341 g/mol. The molecule has 4 heteroatoms. The number of ketones is 1. The Hall–Kier alpha value is -0.356. The summed E-state index contributed by atoms with van der Waals surface area (Å²) in [5.74, 6) is 1.28. The van der Waals surface area contributed by atoms with Crippen molar-refractivity contribution in [3.63, 3.8) is 0 Å². The van der Waals surface area contributed by atoms with E-state index in [1.807, 2.05) is 0 Å². The van der Waals surface area contributed by atoms with Gasteiger partial charge in [-0.15, -0.1) is 0 Å². The lowest BCUT2D eigenvalue weighted by Crippen LogP contribution is -2.41. The van der Waals surface area contributed by atoms with E-state index < -0.39 is 16.4 Å². The van der Waals surface area contributed by atoms with Crippen LogP contribution in [-0.2, 0) is 9.22 Å². The van der Waals surface area contributed by atoms with Crippen molar-refractivity contribution in [3.8, 4) is 0 Å². The maximum Gasteiger partial charge on any atom is 0.250 e. The van der Waals surface area contributed by atoms with Crippen LogP contribution in [0.1, 0.15) is 47.5 Å². The van der Waals surface area contributed by atoms with Gasteiger partial charge in [0.25, 0.3) is 0 Å². The lowest BCUT2D eigenvalue weighted by atomic mass is 9.84. The second-order valence-corrected chi connectivity index (χ2v) is 20.3. The first-order chi connectivity index (χ1) is 9.56. The Balaban J connectivity index is 3.22. The second kappa shape index (κ2) is 5.93. The summed E-state index contributed by atoms with van der Waals surface area (Å²) in [6.07, 6.45) is 3.48. The number of Topliss-reactive ketones (excluding diaryl/α,β-unsaturated/α-hetero) is 1. The Bertz CT molecular complexity index is 462. The van der Waals surface area contributed by atoms with Crippen molar-refractivity contribution < 1.29 is 9.22 Å². The van der Waals surface area contributed by atoms with Crippen LogP contribution in [0.25, 0.3) is 0 Å². The summed E-state index contributed by atoms with van der Waals surface area (Å²) in [5.41, 5.74) is 0.520. The zero-order chi connectivity index (χ0) is 17.6. The van der Waals surface area contributed by atoms with Crippen LogP contribution in [0.2, 0.25) is 43.3 Å². The van der Waals surface area contributed by atoms with Gasteiger partial charge in [0, 0.05) is 6.42 Å². The third-order valence-electron chi connectivity index (χ3n) is 5.34. The van der Waals surface area contributed by atoms with Gasteiger partial charge in [0.15, 0.2) is 0 Å². The second-order valence-electron chi connectivity index (χ2n) is 10.2. The SMILES string of the molecule is CC1(C)CC(=O)CC(O[Si](C)(C)C(C)(C)C)=CC1[Si](C)(C)C. The zero-order valence-electron chi connectivity index (χ0n) is 16.4. The number of hydrogen-bond donors (Lipinski definition) is 0. The molecule has 1 rings (SSSR count). The number of hydrogen-bond acceptors (Lipinski definition) is 2. The molecule has 0 radical (unpaired) electrons. The molecule has 0 bridgehead atoms. The Morgan fingerprint density at radius 1 is 1.14 bits per heavy atom. The first-order valence-corrected chi connectivity index (χ1v) is 15.0. The van der Waals surface area contributed by atoms with E-state index in [1.165, 1.54) is 0 Å². The van der Waals surface area contributed by atoms with Crippen molar-refractivity contribution in [1.29, 1.82) is 0 Å². The van der Waals surface area contributed by atoms with Crippen LogP contribution in [0.3, 0.4) is 0 Å². The summed E-state index contributed by atoms with van der Waals surface area (Å²) in [6, 6.07) is 0. The van der Waals surface area contributed by atoms with Gasteiger partial charge >= 0.3 is 0 Å². The van der Waals surface area contributed by atoms with E-state index in [0.29, 0.717) is 24.2 Å². The molecule has 0 heterocycles. The highest BCUT2D eigenvalue weighted by Gasteiger charge is 2.44. The van der Waals surface area contributed by atoms with Gasteiger partial charge in [-0.3, -0.25) is 4.79 Å². The quantitative estimate of drug-likeness (QED) is 0.590. The number of rotatable bonds is 3. The van der Waals surface area contributed by atoms with Crippen molar-refractivity contribution >= 4 is 22.2 Å².